The minimum atomic E-state index is 0.0962. The maximum atomic E-state index is 11.8. The molecular formula is C30H36O2. The highest BCUT2D eigenvalue weighted by atomic mass is 16.3. The fourth-order valence-electron chi connectivity index (χ4n) is 11.3. The molecule has 32 heavy (non-hydrogen) atoms. The second kappa shape index (κ2) is 6.05. The lowest BCUT2D eigenvalue weighted by Crippen LogP contribution is -2.52. The Kier molecular flexibility index (Phi) is 3.53. The lowest BCUT2D eigenvalue weighted by Gasteiger charge is -2.61. The Morgan fingerprint density at radius 1 is 0.500 bits per heavy atom. The lowest BCUT2D eigenvalue weighted by atomic mass is 9.43. The number of hydrogen-bond donors (Lipinski definition) is 2. The smallest absolute Gasteiger partial charge is 0.165 e. The van der Waals surface area contributed by atoms with Crippen molar-refractivity contribution in [2.24, 2.45) is 35.5 Å². The van der Waals surface area contributed by atoms with Crippen LogP contribution in [0.2, 0.25) is 0 Å². The van der Waals surface area contributed by atoms with Crippen LogP contribution in [0.3, 0.4) is 0 Å². The van der Waals surface area contributed by atoms with Gasteiger partial charge in [0, 0.05) is 16.4 Å². The molecule has 0 aliphatic heterocycles. The van der Waals surface area contributed by atoms with E-state index in [1.165, 1.54) is 93.6 Å². The Hall–Kier alpha value is -1.70. The van der Waals surface area contributed by atoms with Crippen molar-refractivity contribution in [3.05, 3.63) is 35.4 Å². The quantitative estimate of drug-likeness (QED) is 0.497. The number of aromatic hydroxyl groups is 2. The Labute approximate surface area is 191 Å². The van der Waals surface area contributed by atoms with Crippen LogP contribution in [0.25, 0.3) is 10.8 Å². The average Bonchev–Trinajstić information content (AvgIpc) is 2.74. The molecule has 8 aliphatic carbocycles. The van der Waals surface area contributed by atoms with Crippen LogP contribution in [0, 0.1) is 35.5 Å². The van der Waals surface area contributed by atoms with Gasteiger partial charge >= 0.3 is 0 Å². The summed E-state index contributed by atoms with van der Waals surface area (Å²) in [4.78, 5) is 0. The zero-order valence-corrected chi connectivity index (χ0v) is 19.2. The minimum absolute atomic E-state index is 0.0962. The zero-order chi connectivity index (χ0) is 21.2. The molecular weight excluding hydrogens is 392 g/mol. The maximum Gasteiger partial charge on any atom is 0.165 e. The molecule has 0 atom stereocenters. The van der Waals surface area contributed by atoms with Gasteiger partial charge in [-0.25, -0.2) is 0 Å². The molecule has 0 radical (unpaired) electrons. The van der Waals surface area contributed by atoms with Gasteiger partial charge in [-0.05, 0) is 129 Å². The number of rotatable bonds is 2. The summed E-state index contributed by atoms with van der Waals surface area (Å²) in [6.07, 6.45) is 16.2. The van der Waals surface area contributed by atoms with Crippen LogP contribution in [0.5, 0.6) is 11.5 Å². The van der Waals surface area contributed by atoms with Gasteiger partial charge in [-0.3, -0.25) is 0 Å². The van der Waals surface area contributed by atoms with Crippen LogP contribution in [0.15, 0.2) is 24.3 Å². The van der Waals surface area contributed by atoms with Gasteiger partial charge in [0.25, 0.3) is 0 Å². The molecule has 0 unspecified atom stereocenters. The van der Waals surface area contributed by atoms with Crippen LogP contribution < -0.4 is 0 Å². The molecule has 2 nitrogen and oxygen atoms in total. The molecule has 10 rings (SSSR count). The Morgan fingerprint density at radius 2 is 0.875 bits per heavy atom. The van der Waals surface area contributed by atoms with Gasteiger partial charge in [-0.1, -0.05) is 24.3 Å². The molecule has 0 amide bonds. The number of phenolic OH excluding ortho intramolecular Hbond substituents is 2. The predicted molar refractivity (Wildman–Crippen MR) is 127 cm³/mol. The van der Waals surface area contributed by atoms with Crippen molar-refractivity contribution in [1.29, 1.82) is 0 Å². The molecule has 0 spiro atoms. The fraction of sp³-hybridized carbons (Fsp3) is 0.667. The summed E-state index contributed by atoms with van der Waals surface area (Å²) in [6, 6.07) is 8.49. The first-order chi connectivity index (χ1) is 15.5. The van der Waals surface area contributed by atoms with E-state index in [9.17, 15) is 10.2 Å². The van der Waals surface area contributed by atoms with Crippen LogP contribution in [-0.2, 0) is 10.8 Å². The van der Waals surface area contributed by atoms with Gasteiger partial charge < -0.3 is 10.2 Å². The average molecular weight is 429 g/mol. The maximum absolute atomic E-state index is 11.8. The first-order valence-electron chi connectivity index (χ1n) is 13.5. The van der Waals surface area contributed by atoms with Gasteiger partial charge in [-0.2, -0.15) is 0 Å². The molecule has 8 saturated carbocycles. The van der Waals surface area contributed by atoms with Gasteiger partial charge in [0.1, 0.15) is 0 Å². The van der Waals surface area contributed by atoms with Crippen molar-refractivity contribution >= 4 is 10.8 Å². The number of phenols is 2. The highest BCUT2D eigenvalue weighted by Crippen LogP contribution is 2.68. The summed E-state index contributed by atoms with van der Waals surface area (Å²) in [6.45, 7) is 0. The molecule has 168 valence electrons. The lowest BCUT2D eigenvalue weighted by molar-refractivity contribution is -0.0177. The Bertz CT molecular complexity index is 1060. The van der Waals surface area contributed by atoms with Crippen LogP contribution in [-0.4, -0.2) is 10.2 Å². The van der Waals surface area contributed by atoms with E-state index in [2.05, 4.69) is 12.1 Å². The monoisotopic (exact) mass is 428 g/mol. The predicted octanol–water partition coefficient (Wildman–Crippen LogP) is 7.19. The Morgan fingerprint density at radius 3 is 1.31 bits per heavy atom. The summed E-state index contributed by atoms with van der Waals surface area (Å²) >= 11 is 0. The Balaban J connectivity index is 1.43. The molecule has 0 saturated heterocycles. The first-order valence-corrected chi connectivity index (χ1v) is 13.5. The van der Waals surface area contributed by atoms with E-state index in [1.807, 2.05) is 12.1 Å². The van der Waals surface area contributed by atoms with E-state index in [-0.39, 0.29) is 22.3 Å². The topological polar surface area (TPSA) is 40.5 Å². The van der Waals surface area contributed by atoms with Gasteiger partial charge in [-0.15, -0.1) is 0 Å². The molecule has 2 heteroatoms. The van der Waals surface area contributed by atoms with E-state index >= 15 is 0 Å². The standard InChI is InChI=1S/C30H36O2/c31-27-24-4-2-1-3-23(24)25(29-11-17-5-18(12-29)7-19(6-17)13-29)26(28(27)32)30-14-20-8-21(15-30)10-22(9-20)16-30/h1-4,17-22,31-32H,5-16H2. The SMILES string of the molecule is Oc1c(C23CC4CC(CC(C4)C2)C3)c(C23CC4CC(CC(C4)C2)C3)c2ccccc2c1O. The van der Waals surface area contributed by atoms with E-state index in [0.29, 0.717) is 0 Å². The highest BCUT2D eigenvalue weighted by Gasteiger charge is 2.58. The molecule has 0 heterocycles. The largest absolute Gasteiger partial charge is 0.504 e. The fourth-order valence-corrected chi connectivity index (χ4v) is 11.3. The second-order valence-corrected chi connectivity index (χ2v) is 13.4. The van der Waals surface area contributed by atoms with E-state index < -0.39 is 0 Å². The van der Waals surface area contributed by atoms with E-state index in [4.69, 9.17) is 0 Å². The molecule has 8 aliphatic rings. The normalized spacial score (nSPS) is 45.8. The third-order valence-corrected chi connectivity index (χ3v) is 11.3. The third kappa shape index (κ3) is 2.32. The third-order valence-electron chi connectivity index (χ3n) is 11.3. The molecule has 0 aromatic heterocycles. The van der Waals surface area contributed by atoms with Crippen molar-refractivity contribution in [2.45, 2.75) is 87.9 Å². The van der Waals surface area contributed by atoms with Gasteiger partial charge in [0.2, 0.25) is 0 Å². The van der Waals surface area contributed by atoms with Crippen LogP contribution in [0.1, 0.15) is 88.2 Å². The highest BCUT2D eigenvalue weighted by molar-refractivity contribution is 5.96. The number of benzene rings is 2. The van der Waals surface area contributed by atoms with Crippen molar-refractivity contribution in [2.75, 3.05) is 0 Å². The summed E-state index contributed by atoms with van der Waals surface area (Å²) in [5, 5.41) is 25.2. The summed E-state index contributed by atoms with van der Waals surface area (Å²) in [7, 11) is 0. The number of fused-ring (bicyclic) bond motifs is 1. The molecule has 2 aromatic rings. The molecule has 8 fully saturated rings. The van der Waals surface area contributed by atoms with Crippen molar-refractivity contribution < 1.29 is 10.2 Å². The minimum Gasteiger partial charge on any atom is -0.504 e. The molecule has 2 aromatic carbocycles. The van der Waals surface area contributed by atoms with Gasteiger partial charge in [0.05, 0.1) is 0 Å². The van der Waals surface area contributed by atoms with Crippen molar-refractivity contribution in [1.82, 2.24) is 0 Å². The summed E-state index contributed by atoms with van der Waals surface area (Å²) < 4.78 is 0. The molecule has 2 N–H and O–H groups in total. The summed E-state index contributed by atoms with van der Waals surface area (Å²) in [5.74, 6) is 5.53. The second-order valence-electron chi connectivity index (χ2n) is 13.4. The number of hydrogen-bond acceptors (Lipinski definition) is 2. The van der Waals surface area contributed by atoms with Crippen LogP contribution >= 0.6 is 0 Å². The van der Waals surface area contributed by atoms with Crippen molar-refractivity contribution in [3.8, 4) is 11.5 Å². The van der Waals surface area contributed by atoms with E-state index in [0.717, 1.165) is 40.9 Å². The zero-order valence-electron chi connectivity index (χ0n) is 19.2. The van der Waals surface area contributed by atoms with Gasteiger partial charge in [0.15, 0.2) is 11.5 Å². The summed E-state index contributed by atoms with van der Waals surface area (Å²) in [5.41, 5.74) is 3.05. The van der Waals surface area contributed by atoms with E-state index in [1.54, 1.807) is 0 Å². The molecule has 8 bridgehead atoms. The first kappa shape index (κ1) is 18.7. The van der Waals surface area contributed by atoms with Crippen molar-refractivity contribution in [3.63, 3.8) is 0 Å². The van der Waals surface area contributed by atoms with Crippen LogP contribution in [0.4, 0.5) is 0 Å².